The van der Waals surface area contributed by atoms with Crippen molar-refractivity contribution in [2.24, 2.45) is 14.1 Å². The number of aromatic nitrogens is 3. The predicted molar refractivity (Wildman–Crippen MR) is 116 cm³/mol. The van der Waals surface area contributed by atoms with Gasteiger partial charge in [-0.05, 0) is 36.8 Å². The van der Waals surface area contributed by atoms with Crippen molar-refractivity contribution in [2.45, 2.75) is 30.0 Å². The molecule has 0 radical (unpaired) electrons. The summed E-state index contributed by atoms with van der Waals surface area (Å²) in [6.07, 6.45) is 0.662. The largest absolute Gasteiger partial charge is 0.335 e. The molecule has 0 atom stereocenters. The van der Waals surface area contributed by atoms with E-state index in [2.05, 4.69) is 0 Å². The third-order valence-corrected chi connectivity index (χ3v) is 7.98. The summed E-state index contributed by atoms with van der Waals surface area (Å²) in [5, 5.41) is -0.541. The second kappa shape index (κ2) is 7.73. The minimum atomic E-state index is -3.70. The molecule has 1 amide bonds. The lowest BCUT2D eigenvalue weighted by Crippen LogP contribution is -2.57. The number of nitrogens with zero attached hydrogens (tertiary/aromatic N) is 4. The van der Waals surface area contributed by atoms with Gasteiger partial charge >= 0.3 is 5.69 Å². The Hall–Kier alpha value is -3.21. The lowest BCUT2D eigenvalue weighted by molar-refractivity contribution is 0.0648. The Morgan fingerprint density at radius 1 is 1.09 bits per heavy atom. The van der Waals surface area contributed by atoms with E-state index in [4.69, 9.17) is 0 Å². The van der Waals surface area contributed by atoms with Gasteiger partial charge in [0.2, 0.25) is 0 Å². The van der Waals surface area contributed by atoms with Gasteiger partial charge in [-0.25, -0.2) is 17.6 Å². The molecule has 11 heteroatoms. The summed E-state index contributed by atoms with van der Waals surface area (Å²) in [6.45, 7) is 2.30. The molecule has 9 nitrogen and oxygen atoms in total. The number of likely N-dealkylation sites (tertiary alicyclic amines) is 1. The van der Waals surface area contributed by atoms with Gasteiger partial charge in [-0.2, -0.15) is 0 Å². The van der Waals surface area contributed by atoms with Crippen LogP contribution in [-0.2, 0) is 30.5 Å². The molecule has 0 bridgehead atoms. The van der Waals surface area contributed by atoms with E-state index >= 15 is 0 Å². The molecular weight excluding hydrogens is 439 g/mol. The maximum Gasteiger partial charge on any atom is 0.332 e. The summed E-state index contributed by atoms with van der Waals surface area (Å²) < 4.78 is 42.6. The number of fused-ring (bicyclic) bond motifs is 1. The first-order chi connectivity index (χ1) is 15.1. The lowest BCUT2D eigenvalue weighted by Gasteiger charge is -2.38. The summed E-state index contributed by atoms with van der Waals surface area (Å²) in [5.41, 5.74) is -0.393. The van der Waals surface area contributed by atoms with Crippen LogP contribution in [0.3, 0.4) is 0 Å². The average Bonchev–Trinajstić information content (AvgIpc) is 3.09. The van der Waals surface area contributed by atoms with Crippen LogP contribution in [0.2, 0.25) is 0 Å². The number of carbonyl (C=O) groups is 1. The minimum absolute atomic E-state index is 0.00888. The van der Waals surface area contributed by atoms with Gasteiger partial charge in [0.25, 0.3) is 11.5 Å². The van der Waals surface area contributed by atoms with E-state index in [1.807, 2.05) is 6.92 Å². The standard InChI is InChI=1S/C21H23FN4O5S/c1-4-9-26-17(10-16-18(26)23(2)21(29)24(3)19(16)27)20(28)25-11-15(12-25)32(30,31)14-7-5-13(22)6-8-14/h5-8,10,15H,4,9,11-12H2,1-3H3. The first kappa shape index (κ1) is 22.0. The first-order valence-electron chi connectivity index (χ1n) is 10.2. The number of hydrogen-bond acceptors (Lipinski definition) is 5. The second-order valence-corrected chi connectivity index (χ2v) is 10.2. The van der Waals surface area contributed by atoms with Crippen LogP contribution >= 0.6 is 0 Å². The normalized spacial score (nSPS) is 14.7. The number of hydrogen-bond donors (Lipinski definition) is 0. The monoisotopic (exact) mass is 462 g/mol. The van der Waals surface area contributed by atoms with Gasteiger partial charge in [-0.3, -0.25) is 18.7 Å². The van der Waals surface area contributed by atoms with Gasteiger partial charge in [0.1, 0.15) is 22.4 Å². The second-order valence-electron chi connectivity index (χ2n) is 7.96. The van der Waals surface area contributed by atoms with Gasteiger partial charge in [0.05, 0.1) is 10.3 Å². The van der Waals surface area contributed by atoms with E-state index in [9.17, 15) is 27.2 Å². The summed E-state index contributed by atoms with van der Waals surface area (Å²) >= 11 is 0. The molecule has 1 aliphatic heterocycles. The van der Waals surface area contributed by atoms with Crippen LogP contribution in [0.5, 0.6) is 0 Å². The van der Waals surface area contributed by atoms with Crippen molar-refractivity contribution in [1.82, 2.24) is 18.6 Å². The number of carbonyl (C=O) groups excluding carboxylic acids is 1. The summed E-state index contributed by atoms with van der Waals surface area (Å²) in [6, 6.07) is 6.07. The first-order valence-corrected chi connectivity index (χ1v) is 11.7. The van der Waals surface area contributed by atoms with Gasteiger partial charge in [-0.15, -0.1) is 0 Å². The highest BCUT2D eigenvalue weighted by atomic mass is 32.2. The van der Waals surface area contributed by atoms with Crippen molar-refractivity contribution in [3.8, 4) is 0 Å². The molecule has 0 aliphatic carbocycles. The van der Waals surface area contributed by atoms with Crippen LogP contribution < -0.4 is 11.2 Å². The fourth-order valence-electron chi connectivity index (χ4n) is 4.05. The Morgan fingerprint density at radius 2 is 1.72 bits per heavy atom. The quantitative estimate of drug-likeness (QED) is 0.524. The van der Waals surface area contributed by atoms with Gasteiger partial charge < -0.3 is 9.47 Å². The molecule has 0 N–H and O–H groups in total. The molecule has 1 aromatic carbocycles. The van der Waals surface area contributed by atoms with Gasteiger partial charge in [0, 0.05) is 33.7 Å². The zero-order valence-electron chi connectivity index (χ0n) is 17.9. The van der Waals surface area contributed by atoms with Crippen molar-refractivity contribution in [3.05, 3.63) is 62.7 Å². The molecule has 1 fully saturated rings. The Balaban J connectivity index is 1.67. The molecule has 3 aromatic rings. The highest BCUT2D eigenvalue weighted by Gasteiger charge is 2.41. The zero-order valence-corrected chi connectivity index (χ0v) is 18.7. The number of aryl methyl sites for hydroxylation is 2. The minimum Gasteiger partial charge on any atom is -0.335 e. The molecule has 2 aromatic heterocycles. The molecular formula is C21H23FN4O5S. The smallest absolute Gasteiger partial charge is 0.332 e. The highest BCUT2D eigenvalue weighted by Crippen LogP contribution is 2.27. The van der Waals surface area contributed by atoms with Crippen LogP contribution in [0.1, 0.15) is 23.8 Å². The van der Waals surface area contributed by atoms with Crippen LogP contribution in [0, 0.1) is 5.82 Å². The van der Waals surface area contributed by atoms with E-state index in [-0.39, 0.29) is 29.1 Å². The highest BCUT2D eigenvalue weighted by molar-refractivity contribution is 7.92. The third-order valence-electron chi connectivity index (χ3n) is 5.88. The molecule has 0 saturated carbocycles. The van der Waals surface area contributed by atoms with Crippen LogP contribution in [0.15, 0.2) is 44.8 Å². The van der Waals surface area contributed by atoms with Gasteiger partial charge in [0.15, 0.2) is 9.84 Å². The molecule has 32 heavy (non-hydrogen) atoms. The molecule has 0 spiro atoms. The fourth-order valence-corrected chi connectivity index (χ4v) is 5.70. The Bertz CT molecular complexity index is 1440. The van der Waals surface area contributed by atoms with Gasteiger partial charge in [-0.1, -0.05) is 6.92 Å². The molecule has 3 heterocycles. The maximum absolute atomic E-state index is 13.2. The SMILES string of the molecule is CCCn1c(C(=O)N2CC(S(=O)(=O)c3ccc(F)cc3)C2)cc2c(=O)n(C)c(=O)n(C)c21. The number of sulfone groups is 1. The zero-order chi connectivity index (χ0) is 23.4. The molecule has 1 aliphatic rings. The number of rotatable bonds is 5. The van der Waals surface area contributed by atoms with Crippen molar-refractivity contribution < 1.29 is 17.6 Å². The number of halogens is 1. The third kappa shape index (κ3) is 3.27. The van der Waals surface area contributed by atoms with E-state index in [0.717, 1.165) is 16.7 Å². The van der Waals surface area contributed by atoms with E-state index in [0.29, 0.717) is 18.6 Å². The average molecular weight is 463 g/mol. The molecule has 4 rings (SSSR count). The number of benzene rings is 1. The van der Waals surface area contributed by atoms with Crippen molar-refractivity contribution in [2.75, 3.05) is 13.1 Å². The lowest BCUT2D eigenvalue weighted by atomic mass is 10.2. The van der Waals surface area contributed by atoms with Crippen molar-refractivity contribution in [3.63, 3.8) is 0 Å². The van der Waals surface area contributed by atoms with E-state index in [1.54, 1.807) is 11.6 Å². The van der Waals surface area contributed by atoms with Crippen LogP contribution in [0.4, 0.5) is 4.39 Å². The number of amides is 1. The summed E-state index contributed by atoms with van der Waals surface area (Å²) in [7, 11) is -0.784. The summed E-state index contributed by atoms with van der Waals surface area (Å²) in [5.74, 6) is -0.937. The molecule has 170 valence electrons. The molecule has 1 saturated heterocycles. The van der Waals surface area contributed by atoms with E-state index < -0.39 is 38.1 Å². The predicted octanol–water partition coefficient (Wildman–Crippen LogP) is 0.886. The van der Waals surface area contributed by atoms with Crippen LogP contribution in [0.25, 0.3) is 11.0 Å². The van der Waals surface area contributed by atoms with Crippen molar-refractivity contribution >= 4 is 26.8 Å². The van der Waals surface area contributed by atoms with E-state index in [1.165, 1.54) is 34.7 Å². The van der Waals surface area contributed by atoms with Crippen LogP contribution in [-0.4, -0.2) is 51.3 Å². The fraction of sp³-hybridized carbons (Fsp3) is 0.381. The Kier molecular flexibility index (Phi) is 5.32. The topological polar surface area (TPSA) is 103 Å². The molecule has 0 unspecified atom stereocenters. The Morgan fingerprint density at radius 3 is 2.31 bits per heavy atom. The Labute approximate surface area is 183 Å². The maximum atomic E-state index is 13.2. The summed E-state index contributed by atoms with van der Waals surface area (Å²) in [4.78, 5) is 39.6. The van der Waals surface area contributed by atoms with Crippen molar-refractivity contribution in [1.29, 1.82) is 0 Å².